The first-order valence-corrected chi connectivity index (χ1v) is 7.46. The largest absolute Gasteiger partial charge is 0.297 e. The summed E-state index contributed by atoms with van der Waals surface area (Å²) in [5.41, 5.74) is 0.885. The second kappa shape index (κ2) is 6.20. The van der Waals surface area contributed by atoms with Gasteiger partial charge in [-0.2, -0.15) is 5.26 Å². The van der Waals surface area contributed by atoms with Crippen LogP contribution in [-0.4, -0.2) is 10.9 Å². The van der Waals surface area contributed by atoms with Gasteiger partial charge in [0.15, 0.2) is 5.13 Å². The Hall–Kier alpha value is -2.97. The number of anilines is 1. The van der Waals surface area contributed by atoms with Gasteiger partial charge in [-0.1, -0.05) is 42.5 Å². The van der Waals surface area contributed by atoms with Crippen LogP contribution < -0.4 is 5.32 Å². The Kier molecular flexibility index (Phi) is 3.95. The first kappa shape index (κ1) is 14.0. The Labute approximate surface area is 131 Å². The molecule has 0 atom stereocenters. The van der Waals surface area contributed by atoms with Crippen LogP contribution in [0.25, 0.3) is 16.8 Å². The van der Waals surface area contributed by atoms with Crippen LogP contribution in [0.1, 0.15) is 5.56 Å². The fourth-order valence-electron chi connectivity index (χ4n) is 2.13. The lowest BCUT2D eigenvalue weighted by Gasteiger charge is -2.03. The van der Waals surface area contributed by atoms with Crippen molar-refractivity contribution in [3.05, 3.63) is 65.2 Å². The van der Waals surface area contributed by atoms with Crippen molar-refractivity contribution < 1.29 is 4.79 Å². The molecule has 0 aliphatic rings. The van der Waals surface area contributed by atoms with Crippen LogP contribution in [0.15, 0.2) is 59.6 Å². The highest BCUT2D eigenvalue weighted by Crippen LogP contribution is 2.21. The molecule has 0 fully saturated rings. The predicted molar refractivity (Wildman–Crippen MR) is 88.3 cm³/mol. The van der Waals surface area contributed by atoms with Crippen molar-refractivity contribution in [1.82, 2.24) is 4.98 Å². The number of thiazole rings is 1. The van der Waals surface area contributed by atoms with E-state index in [2.05, 4.69) is 10.3 Å². The summed E-state index contributed by atoms with van der Waals surface area (Å²) in [6.45, 7) is 0. The molecule has 22 heavy (non-hydrogen) atoms. The summed E-state index contributed by atoms with van der Waals surface area (Å²) in [4.78, 5) is 16.1. The summed E-state index contributed by atoms with van der Waals surface area (Å²) in [7, 11) is 0. The number of nitriles is 1. The van der Waals surface area contributed by atoms with Gasteiger partial charge in [-0.15, -0.1) is 11.3 Å². The van der Waals surface area contributed by atoms with E-state index < -0.39 is 5.91 Å². The lowest BCUT2D eigenvalue weighted by Crippen LogP contribution is -2.13. The van der Waals surface area contributed by atoms with E-state index >= 15 is 0 Å². The second-order valence-electron chi connectivity index (χ2n) is 4.53. The SMILES string of the molecule is N#C/C(=C/c1cccc2ccccc12)C(=O)Nc1nccs1. The number of hydrogen-bond acceptors (Lipinski definition) is 4. The summed E-state index contributed by atoms with van der Waals surface area (Å²) in [5, 5.41) is 16.2. The molecule has 5 heteroatoms. The lowest BCUT2D eigenvalue weighted by atomic mass is 10.0. The van der Waals surface area contributed by atoms with Crippen molar-refractivity contribution in [3.63, 3.8) is 0 Å². The second-order valence-corrected chi connectivity index (χ2v) is 5.42. The van der Waals surface area contributed by atoms with Gasteiger partial charge >= 0.3 is 0 Å². The fraction of sp³-hybridized carbons (Fsp3) is 0. The average molecular weight is 305 g/mol. The third-order valence-corrected chi connectivity index (χ3v) is 3.83. The third-order valence-electron chi connectivity index (χ3n) is 3.14. The Balaban J connectivity index is 1.97. The fourth-order valence-corrected chi connectivity index (χ4v) is 2.65. The highest BCUT2D eigenvalue weighted by Gasteiger charge is 2.11. The van der Waals surface area contributed by atoms with Crippen molar-refractivity contribution in [2.75, 3.05) is 5.32 Å². The van der Waals surface area contributed by atoms with Crippen molar-refractivity contribution in [1.29, 1.82) is 5.26 Å². The Morgan fingerprint density at radius 3 is 2.82 bits per heavy atom. The molecule has 0 aliphatic carbocycles. The maximum atomic E-state index is 12.1. The predicted octanol–water partition coefficient (Wildman–Crippen LogP) is 3.84. The lowest BCUT2D eigenvalue weighted by molar-refractivity contribution is -0.112. The zero-order valence-electron chi connectivity index (χ0n) is 11.5. The van der Waals surface area contributed by atoms with Gasteiger partial charge in [0.05, 0.1) is 0 Å². The van der Waals surface area contributed by atoms with Crippen LogP contribution in [0, 0.1) is 11.3 Å². The minimum atomic E-state index is -0.453. The van der Waals surface area contributed by atoms with E-state index in [1.54, 1.807) is 17.7 Å². The number of nitrogens with zero attached hydrogens (tertiary/aromatic N) is 2. The molecule has 1 amide bonds. The smallest absolute Gasteiger partial charge is 0.268 e. The molecule has 0 bridgehead atoms. The van der Waals surface area contributed by atoms with E-state index in [0.29, 0.717) is 5.13 Å². The van der Waals surface area contributed by atoms with E-state index in [4.69, 9.17) is 0 Å². The third kappa shape index (κ3) is 2.87. The number of amides is 1. The number of hydrogen-bond donors (Lipinski definition) is 1. The summed E-state index contributed by atoms with van der Waals surface area (Å²) in [5.74, 6) is -0.453. The molecule has 1 N–H and O–H groups in total. The van der Waals surface area contributed by atoms with Crippen LogP contribution in [0.2, 0.25) is 0 Å². The molecule has 0 spiro atoms. The highest BCUT2D eigenvalue weighted by molar-refractivity contribution is 7.13. The molecule has 1 aromatic heterocycles. The van der Waals surface area contributed by atoms with E-state index in [9.17, 15) is 10.1 Å². The number of aromatic nitrogens is 1. The van der Waals surface area contributed by atoms with Crippen molar-refractivity contribution in [2.24, 2.45) is 0 Å². The topological polar surface area (TPSA) is 65.8 Å². The molecular weight excluding hydrogens is 294 g/mol. The molecule has 1 heterocycles. The number of carbonyl (C=O) groups is 1. The normalized spacial score (nSPS) is 11.1. The minimum Gasteiger partial charge on any atom is -0.297 e. The summed E-state index contributed by atoms with van der Waals surface area (Å²) in [6.07, 6.45) is 3.20. The van der Waals surface area contributed by atoms with Crippen LogP contribution in [0.5, 0.6) is 0 Å². The molecule has 0 saturated carbocycles. The van der Waals surface area contributed by atoms with Crippen molar-refractivity contribution >= 4 is 39.2 Å². The zero-order chi connectivity index (χ0) is 15.4. The molecule has 2 aromatic carbocycles. The van der Waals surface area contributed by atoms with Crippen molar-refractivity contribution in [2.45, 2.75) is 0 Å². The van der Waals surface area contributed by atoms with Gasteiger partial charge in [0.25, 0.3) is 5.91 Å². The summed E-state index contributed by atoms with van der Waals surface area (Å²) in [6, 6.07) is 15.6. The first-order chi connectivity index (χ1) is 10.8. The molecular formula is C17H11N3OS. The molecule has 0 saturated heterocycles. The molecule has 0 radical (unpaired) electrons. The number of benzene rings is 2. The van der Waals surface area contributed by atoms with Crippen LogP contribution >= 0.6 is 11.3 Å². The molecule has 0 unspecified atom stereocenters. The maximum Gasteiger partial charge on any atom is 0.268 e. The van der Waals surface area contributed by atoms with Gasteiger partial charge in [-0.25, -0.2) is 4.98 Å². The van der Waals surface area contributed by atoms with Gasteiger partial charge in [0.2, 0.25) is 0 Å². The zero-order valence-corrected chi connectivity index (χ0v) is 12.3. The van der Waals surface area contributed by atoms with Crippen molar-refractivity contribution in [3.8, 4) is 6.07 Å². The van der Waals surface area contributed by atoms with E-state index in [1.807, 2.05) is 48.5 Å². The number of rotatable bonds is 3. The molecule has 4 nitrogen and oxygen atoms in total. The molecule has 3 rings (SSSR count). The quantitative estimate of drug-likeness (QED) is 0.590. The molecule has 0 aliphatic heterocycles. The first-order valence-electron chi connectivity index (χ1n) is 6.58. The molecule has 106 valence electrons. The maximum absolute atomic E-state index is 12.1. The summed E-state index contributed by atoms with van der Waals surface area (Å²) < 4.78 is 0. The average Bonchev–Trinajstić information content (AvgIpc) is 3.05. The van der Waals surface area contributed by atoms with E-state index in [0.717, 1.165) is 16.3 Å². The van der Waals surface area contributed by atoms with Crippen LogP contribution in [0.4, 0.5) is 5.13 Å². The van der Waals surface area contributed by atoms with E-state index in [-0.39, 0.29) is 5.57 Å². The standard InChI is InChI=1S/C17H11N3OS/c18-11-14(16(21)20-17-19-8-9-22-17)10-13-6-3-5-12-4-1-2-7-15(12)13/h1-10H,(H,19,20,21)/b14-10-. The highest BCUT2D eigenvalue weighted by atomic mass is 32.1. The Morgan fingerprint density at radius 1 is 1.23 bits per heavy atom. The summed E-state index contributed by atoms with van der Waals surface area (Å²) >= 11 is 1.31. The minimum absolute atomic E-state index is 0.0477. The van der Waals surface area contributed by atoms with Crippen LogP contribution in [-0.2, 0) is 4.79 Å². The molecule has 3 aromatic rings. The van der Waals surface area contributed by atoms with Crippen LogP contribution in [0.3, 0.4) is 0 Å². The number of fused-ring (bicyclic) bond motifs is 1. The Bertz CT molecular complexity index is 886. The number of carbonyl (C=O) groups excluding carboxylic acids is 1. The van der Waals surface area contributed by atoms with Gasteiger partial charge in [0, 0.05) is 11.6 Å². The monoisotopic (exact) mass is 305 g/mol. The van der Waals surface area contributed by atoms with E-state index in [1.165, 1.54) is 11.3 Å². The van der Waals surface area contributed by atoms with Gasteiger partial charge < -0.3 is 0 Å². The Morgan fingerprint density at radius 2 is 2.05 bits per heavy atom. The van der Waals surface area contributed by atoms with Gasteiger partial charge in [-0.3, -0.25) is 10.1 Å². The number of nitrogens with one attached hydrogen (secondary N) is 1. The van der Waals surface area contributed by atoms with Gasteiger partial charge in [-0.05, 0) is 22.4 Å². The van der Waals surface area contributed by atoms with Gasteiger partial charge in [0.1, 0.15) is 11.6 Å².